The molecule has 0 unspecified atom stereocenters. The SMILES string of the molecule is O=c1[nH]cnc2c1CN(c1nn3cc(-c4ccc(Cl)cc4)nc3s1)CC2. The van der Waals surface area contributed by atoms with Crippen LogP contribution >= 0.6 is 22.9 Å². The van der Waals surface area contributed by atoms with Gasteiger partial charge in [-0.1, -0.05) is 35.1 Å². The summed E-state index contributed by atoms with van der Waals surface area (Å²) in [5, 5.41) is 6.19. The lowest BCUT2D eigenvalue weighted by molar-refractivity contribution is 0.689. The molecule has 0 radical (unpaired) electrons. The van der Waals surface area contributed by atoms with Crippen molar-refractivity contribution < 1.29 is 0 Å². The molecule has 1 N–H and O–H groups in total. The zero-order chi connectivity index (χ0) is 17.7. The molecule has 9 heteroatoms. The van der Waals surface area contributed by atoms with Crippen LogP contribution in [-0.4, -0.2) is 31.1 Å². The van der Waals surface area contributed by atoms with E-state index >= 15 is 0 Å². The second-order valence-corrected chi connectivity index (χ2v) is 7.44. The summed E-state index contributed by atoms with van der Waals surface area (Å²) in [5.41, 5.74) is 3.37. The van der Waals surface area contributed by atoms with Gasteiger partial charge in [0.25, 0.3) is 5.56 Å². The van der Waals surface area contributed by atoms with Crippen LogP contribution in [0.3, 0.4) is 0 Å². The predicted octanol–water partition coefficient (Wildman–Crippen LogP) is 2.76. The summed E-state index contributed by atoms with van der Waals surface area (Å²) in [6.07, 6.45) is 4.11. The highest BCUT2D eigenvalue weighted by molar-refractivity contribution is 7.20. The standard InChI is InChI=1S/C17H13ClN6OS/c18-11-3-1-10(2-4-11)14-8-24-16(21-14)26-17(22-24)23-6-5-13-12(7-23)15(25)20-9-19-13/h1-4,8-9H,5-7H2,(H,19,20,25). The number of hydrogen-bond acceptors (Lipinski definition) is 6. The summed E-state index contributed by atoms with van der Waals surface area (Å²) in [7, 11) is 0. The number of fused-ring (bicyclic) bond motifs is 2. The van der Waals surface area contributed by atoms with Crippen molar-refractivity contribution in [1.82, 2.24) is 24.6 Å². The largest absolute Gasteiger partial charge is 0.342 e. The van der Waals surface area contributed by atoms with Crippen molar-refractivity contribution in [3.63, 3.8) is 0 Å². The summed E-state index contributed by atoms with van der Waals surface area (Å²) in [4.78, 5) is 26.5. The van der Waals surface area contributed by atoms with Crippen LogP contribution in [0.4, 0.5) is 5.13 Å². The number of hydrogen-bond donors (Lipinski definition) is 1. The molecule has 0 aliphatic carbocycles. The van der Waals surface area contributed by atoms with Gasteiger partial charge in [0.1, 0.15) is 0 Å². The van der Waals surface area contributed by atoms with E-state index in [2.05, 4.69) is 25.0 Å². The number of aromatic nitrogens is 5. The Bertz CT molecular complexity index is 1130. The smallest absolute Gasteiger partial charge is 0.255 e. The molecule has 0 atom stereocenters. The Hall–Kier alpha value is -2.71. The summed E-state index contributed by atoms with van der Waals surface area (Å²) >= 11 is 7.45. The summed E-state index contributed by atoms with van der Waals surface area (Å²) in [6.45, 7) is 1.30. The average Bonchev–Trinajstić information content (AvgIpc) is 3.22. The summed E-state index contributed by atoms with van der Waals surface area (Å²) in [6, 6.07) is 7.58. The molecule has 1 aliphatic rings. The molecule has 7 nitrogen and oxygen atoms in total. The Balaban J connectivity index is 1.46. The highest BCUT2D eigenvalue weighted by Crippen LogP contribution is 2.29. The number of nitrogens with zero attached hydrogens (tertiary/aromatic N) is 5. The van der Waals surface area contributed by atoms with E-state index in [0.29, 0.717) is 17.1 Å². The van der Waals surface area contributed by atoms with Crippen LogP contribution in [0.1, 0.15) is 11.3 Å². The van der Waals surface area contributed by atoms with E-state index in [9.17, 15) is 4.79 Å². The molecule has 0 amide bonds. The molecule has 0 spiro atoms. The van der Waals surface area contributed by atoms with Gasteiger partial charge >= 0.3 is 0 Å². The van der Waals surface area contributed by atoms with Crippen molar-refractivity contribution in [1.29, 1.82) is 0 Å². The first-order chi connectivity index (χ1) is 12.7. The fourth-order valence-electron chi connectivity index (χ4n) is 3.09. The Kier molecular flexibility index (Phi) is 3.54. The molecule has 0 bridgehead atoms. The lowest BCUT2D eigenvalue weighted by atomic mass is 10.1. The van der Waals surface area contributed by atoms with Gasteiger partial charge in [0, 0.05) is 23.6 Å². The Morgan fingerprint density at radius 2 is 2.08 bits per heavy atom. The molecule has 1 aliphatic heterocycles. The minimum absolute atomic E-state index is 0.0777. The molecular weight excluding hydrogens is 372 g/mol. The summed E-state index contributed by atoms with van der Waals surface area (Å²) in [5.74, 6) is 0. The van der Waals surface area contributed by atoms with E-state index in [1.54, 1.807) is 4.52 Å². The van der Waals surface area contributed by atoms with Crippen molar-refractivity contribution in [2.45, 2.75) is 13.0 Å². The molecule has 0 fully saturated rings. The van der Waals surface area contributed by atoms with Crippen LogP contribution in [0, 0.1) is 0 Å². The number of nitrogens with one attached hydrogen (secondary N) is 1. The van der Waals surface area contributed by atoms with Crippen molar-refractivity contribution in [3.8, 4) is 11.3 Å². The number of benzene rings is 1. The van der Waals surface area contributed by atoms with Crippen LogP contribution in [0.15, 0.2) is 41.6 Å². The molecule has 0 saturated heterocycles. The number of aromatic amines is 1. The minimum Gasteiger partial charge on any atom is -0.342 e. The van der Waals surface area contributed by atoms with Gasteiger partial charge in [0.2, 0.25) is 10.1 Å². The molecule has 5 rings (SSSR count). The molecule has 26 heavy (non-hydrogen) atoms. The van der Waals surface area contributed by atoms with E-state index < -0.39 is 0 Å². The molecule has 1 aromatic carbocycles. The second-order valence-electron chi connectivity index (χ2n) is 6.07. The number of imidazole rings is 1. The van der Waals surface area contributed by atoms with E-state index in [4.69, 9.17) is 11.6 Å². The second kappa shape index (κ2) is 5.93. The van der Waals surface area contributed by atoms with Crippen LogP contribution in [0.5, 0.6) is 0 Å². The molecule has 0 saturated carbocycles. The van der Waals surface area contributed by atoms with Gasteiger partial charge in [-0.15, -0.1) is 5.10 Å². The van der Waals surface area contributed by atoms with Crippen LogP contribution in [0.2, 0.25) is 5.02 Å². The van der Waals surface area contributed by atoms with Crippen LogP contribution in [-0.2, 0) is 13.0 Å². The Labute approximate surface area is 156 Å². The molecule has 4 aromatic rings. The Morgan fingerprint density at radius 3 is 2.88 bits per heavy atom. The highest BCUT2D eigenvalue weighted by Gasteiger charge is 2.23. The number of H-pyrrole nitrogens is 1. The van der Waals surface area contributed by atoms with E-state index in [1.165, 1.54) is 17.7 Å². The third-order valence-corrected chi connectivity index (χ3v) is 5.68. The molecule has 3 aromatic heterocycles. The van der Waals surface area contributed by atoms with Crippen molar-refractivity contribution in [2.24, 2.45) is 0 Å². The first-order valence-electron chi connectivity index (χ1n) is 8.10. The lowest BCUT2D eigenvalue weighted by Crippen LogP contribution is -2.35. The first-order valence-corrected chi connectivity index (χ1v) is 9.29. The third kappa shape index (κ3) is 2.58. The number of rotatable bonds is 2. The quantitative estimate of drug-likeness (QED) is 0.575. The molecule has 4 heterocycles. The van der Waals surface area contributed by atoms with Crippen molar-refractivity contribution in [2.75, 3.05) is 11.4 Å². The maximum Gasteiger partial charge on any atom is 0.255 e. The maximum atomic E-state index is 12.0. The van der Waals surface area contributed by atoms with E-state index in [1.807, 2.05) is 30.5 Å². The zero-order valence-electron chi connectivity index (χ0n) is 13.5. The van der Waals surface area contributed by atoms with Gasteiger partial charge in [-0.3, -0.25) is 4.79 Å². The van der Waals surface area contributed by atoms with E-state index in [-0.39, 0.29) is 5.56 Å². The van der Waals surface area contributed by atoms with Gasteiger partial charge in [-0.2, -0.15) is 0 Å². The van der Waals surface area contributed by atoms with Crippen molar-refractivity contribution in [3.05, 3.63) is 63.4 Å². The fourth-order valence-corrected chi connectivity index (χ4v) is 4.13. The zero-order valence-corrected chi connectivity index (χ0v) is 15.1. The lowest BCUT2D eigenvalue weighted by Gasteiger charge is -2.26. The van der Waals surface area contributed by atoms with Gasteiger partial charge in [-0.25, -0.2) is 14.5 Å². The average molecular weight is 385 g/mol. The summed E-state index contributed by atoms with van der Waals surface area (Å²) < 4.78 is 1.78. The first kappa shape index (κ1) is 15.5. The molecular formula is C17H13ClN6OS. The number of anilines is 1. The normalized spacial score (nSPS) is 14.0. The van der Waals surface area contributed by atoms with Crippen LogP contribution < -0.4 is 10.5 Å². The van der Waals surface area contributed by atoms with Gasteiger partial charge in [0.05, 0.1) is 36.0 Å². The number of halogens is 1. The highest BCUT2D eigenvalue weighted by atomic mass is 35.5. The van der Waals surface area contributed by atoms with Crippen molar-refractivity contribution >= 4 is 33.0 Å². The van der Waals surface area contributed by atoms with Gasteiger partial charge in [0.15, 0.2) is 0 Å². The maximum absolute atomic E-state index is 12.0. The Morgan fingerprint density at radius 1 is 1.23 bits per heavy atom. The monoisotopic (exact) mass is 384 g/mol. The molecule has 130 valence electrons. The third-order valence-electron chi connectivity index (χ3n) is 4.45. The van der Waals surface area contributed by atoms with Crippen LogP contribution in [0.25, 0.3) is 16.2 Å². The fraction of sp³-hybridized carbons (Fsp3) is 0.176. The van der Waals surface area contributed by atoms with Gasteiger partial charge in [-0.05, 0) is 12.1 Å². The minimum atomic E-state index is -0.0777. The van der Waals surface area contributed by atoms with Gasteiger partial charge < -0.3 is 9.88 Å². The predicted molar refractivity (Wildman–Crippen MR) is 101 cm³/mol. The van der Waals surface area contributed by atoms with E-state index in [0.717, 1.165) is 40.0 Å². The topological polar surface area (TPSA) is 79.2 Å².